The maximum Gasteiger partial charge on any atom is 0.125 e. The Hall–Kier alpha value is -1.51. The van der Waals surface area contributed by atoms with Crippen LogP contribution in [-0.4, -0.2) is 11.2 Å². The van der Waals surface area contributed by atoms with E-state index in [2.05, 4.69) is 0 Å². The van der Waals surface area contributed by atoms with Gasteiger partial charge in [0.05, 0.1) is 6.10 Å². The summed E-state index contributed by atoms with van der Waals surface area (Å²) in [6, 6.07) is 13.1. The van der Waals surface area contributed by atoms with Crippen LogP contribution in [0.1, 0.15) is 36.6 Å². The summed E-state index contributed by atoms with van der Waals surface area (Å²) in [5, 5.41) is 11.2. The molecule has 0 aliphatic carbocycles. The highest BCUT2D eigenvalue weighted by Crippen LogP contribution is 2.32. The molecule has 1 atom stereocenters. The summed E-state index contributed by atoms with van der Waals surface area (Å²) in [5.74, 6) is 0.702. The van der Waals surface area contributed by atoms with Gasteiger partial charge in [0.15, 0.2) is 0 Å². The topological polar surface area (TPSA) is 29.5 Å². The van der Waals surface area contributed by atoms with E-state index in [4.69, 9.17) is 16.3 Å². The van der Waals surface area contributed by atoms with Crippen LogP contribution >= 0.6 is 11.6 Å². The average molecular weight is 291 g/mol. The normalized spacial score (nSPS) is 12.5. The fraction of sp³-hybridized carbons (Fsp3) is 0.294. The van der Waals surface area contributed by atoms with Crippen LogP contribution in [0.2, 0.25) is 5.02 Å². The molecule has 0 bridgehead atoms. The van der Waals surface area contributed by atoms with Crippen molar-refractivity contribution in [2.24, 2.45) is 0 Å². The molecule has 2 aromatic rings. The van der Waals surface area contributed by atoms with Crippen molar-refractivity contribution in [1.29, 1.82) is 0 Å². The van der Waals surface area contributed by atoms with E-state index in [1.165, 1.54) is 0 Å². The van der Waals surface area contributed by atoms with Gasteiger partial charge in [-0.3, -0.25) is 0 Å². The molecule has 2 nitrogen and oxygen atoms in total. The second-order valence-electron chi connectivity index (χ2n) is 5.17. The molecular weight excluding hydrogens is 272 g/mol. The van der Waals surface area contributed by atoms with Gasteiger partial charge < -0.3 is 9.84 Å². The smallest absolute Gasteiger partial charge is 0.125 e. The number of halogens is 1. The van der Waals surface area contributed by atoms with E-state index in [1.807, 2.05) is 57.2 Å². The first-order valence-corrected chi connectivity index (χ1v) is 7.06. The van der Waals surface area contributed by atoms with Crippen LogP contribution in [-0.2, 0) is 0 Å². The number of hydrogen-bond acceptors (Lipinski definition) is 2. The number of rotatable bonds is 4. The third-order valence-electron chi connectivity index (χ3n) is 2.96. The fourth-order valence-corrected chi connectivity index (χ4v) is 2.47. The van der Waals surface area contributed by atoms with Crippen LogP contribution in [0.3, 0.4) is 0 Å². The van der Waals surface area contributed by atoms with Crippen LogP contribution < -0.4 is 4.74 Å². The molecule has 106 valence electrons. The predicted molar refractivity (Wildman–Crippen MR) is 82.5 cm³/mol. The Bertz CT molecular complexity index is 573. The van der Waals surface area contributed by atoms with Crippen molar-refractivity contribution in [2.45, 2.75) is 33.0 Å². The molecule has 0 aliphatic heterocycles. The summed E-state index contributed by atoms with van der Waals surface area (Å²) in [4.78, 5) is 0. The molecule has 3 heteroatoms. The fourth-order valence-electron chi connectivity index (χ4n) is 2.17. The number of hydrogen-bond donors (Lipinski definition) is 1. The molecule has 0 fully saturated rings. The van der Waals surface area contributed by atoms with Gasteiger partial charge >= 0.3 is 0 Å². The summed E-state index contributed by atoms with van der Waals surface area (Å²) < 4.78 is 5.76. The lowest BCUT2D eigenvalue weighted by Crippen LogP contribution is -2.10. The summed E-state index contributed by atoms with van der Waals surface area (Å²) in [5.41, 5.74) is 2.55. The highest BCUT2D eigenvalue weighted by Gasteiger charge is 2.16. The van der Waals surface area contributed by atoms with Crippen molar-refractivity contribution in [3.63, 3.8) is 0 Å². The van der Waals surface area contributed by atoms with Gasteiger partial charge in [-0.25, -0.2) is 0 Å². The van der Waals surface area contributed by atoms with E-state index in [1.54, 1.807) is 6.07 Å². The number of ether oxygens (including phenoxy) is 1. The van der Waals surface area contributed by atoms with Gasteiger partial charge in [0.2, 0.25) is 0 Å². The molecule has 0 saturated heterocycles. The van der Waals surface area contributed by atoms with E-state index in [0.717, 1.165) is 16.7 Å². The summed E-state index contributed by atoms with van der Waals surface area (Å²) >= 11 is 6.06. The van der Waals surface area contributed by atoms with Crippen LogP contribution in [0.15, 0.2) is 42.5 Å². The van der Waals surface area contributed by atoms with E-state index in [0.29, 0.717) is 10.8 Å². The van der Waals surface area contributed by atoms with Crippen molar-refractivity contribution >= 4 is 11.6 Å². The minimum Gasteiger partial charge on any atom is -0.491 e. The van der Waals surface area contributed by atoms with Gasteiger partial charge in [0.1, 0.15) is 11.9 Å². The Kier molecular flexibility index (Phi) is 4.69. The Labute approximate surface area is 125 Å². The molecule has 1 unspecified atom stereocenters. The Morgan fingerprint density at radius 1 is 1.10 bits per heavy atom. The van der Waals surface area contributed by atoms with Crippen molar-refractivity contribution in [3.05, 3.63) is 64.2 Å². The summed E-state index contributed by atoms with van der Waals surface area (Å²) in [6.07, 6.45) is -0.688. The van der Waals surface area contributed by atoms with Crippen LogP contribution in [0.5, 0.6) is 5.75 Å². The first-order valence-electron chi connectivity index (χ1n) is 6.68. The van der Waals surface area contributed by atoms with Gasteiger partial charge in [-0.1, -0.05) is 35.9 Å². The molecule has 1 N–H and O–H groups in total. The molecule has 2 aromatic carbocycles. The van der Waals surface area contributed by atoms with Crippen LogP contribution in [0.25, 0.3) is 0 Å². The maximum absolute atomic E-state index is 10.6. The molecule has 0 heterocycles. The Morgan fingerprint density at radius 3 is 2.45 bits per heavy atom. The SMILES string of the molecule is Cc1cc(Cl)cc(C(O)c2ccccc2OC(C)C)c1. The quantitative estimate of drug-likeness (QED) is 0.897. The second kappa shape index (κ2) is 6.29. The summed E-state index contributed by atoms with van der Waals surface area (Å²) in [7, 11) is 0. The van der Waals surface area contributed by atoms with E-state index >= 15 is 0 Å². The molecule has 0 amide bonds. The first-order chi connectivity index (χ1) is 9.47. The molecule has 0 aliphatic rings. The lowest BCUT2D eigenvalue weighted by atomic mass is 9.99. The zero-order valence-electron chi connectivity index (χ0n) is 11.9. The minimum absolute atomic E-state index is 0.0597. The number of aryl methyl sites for hydroxylation is 1. The molecule has 0 saturated carbocycles. The standard InChI is InChI=1S/C17H19ClO2/c1-11(2)20-16-7-5-4-6-15(16)17(19)13-8-12(3)9-14(18)10-13/h4-11,17,19H,1-3H3. The van der Waals surface area contributed by atoms with Crippen LogP contribution in [0.4, 0.5) is 0 Å². The van der Waals surface area contributed by atoms with E-state index in [9.17, 15) is 5.11 Å². The molecule has 0 aromatic heterocycles. The molecule has 0 spiro atoms. The highest BCUT2D eigenvalue weighted by molar-refractivity contribution is 6.30. The third kappa shape index (κ3) is 3.53. The van der Waals surface area contributed by atoms with E-state index < -0.39 is 6.10 Å². The van der Waals surface area contributed by atoms with Gasteiger partial charge in [-0.15, -0.1) is 0 Å². The van der Waals surface area contributed by atoms with Crippen molar-refractivity contribution in [1.82, 2.24) is 0 Å². The lowest BCUT2D eigenvalue weighted by molar-refractivity contribution is 0.198. The first kappa shape index (κ1) is 14.9. The van der Waals surface area contributed by atoms with E-state index in [-0.39, 0.29) is 6.10 Å². The van der Waals surface area contributed by atoms with Gasteiger partial charge in [0.25, 0.3) is 0 Å². The van der Waals surface area contributed by atoms with Crippen molar-refractivity contribution in [2.75, 3.05) is 0 Å². The van der Waals surface area contributed by atoms with Gasteiger partial charge in [-0.2, -0.15) is 0 Å². The maximum atomic E-state index is 10.6. The lowest BCUT2D eigenvalue weighted by Gasteiger charge is -2.18. The van der Waals surface area contributed by atoms with Gasteiger partial charge in [-0.05, 0) is 50.1 Å². The number of para-hydroxylation sites is 1. The second-order valence-corrected chi connectivity index (χ2v) is 5.61. The molecule has 0 radical (unpaired) electrons. The van der Waals surface area contributed by atoms with Crippen molar-refractivity contribution in [3.8, 4) is 5.75 Å². The molecule has 2 rings (SSSR count). The third-order valence-corrected chi connectivity index (χ3v) is 3.17. The van der Waals surface area contributed by atoms with Crippen molar-refractivity contribution < 1.29 is 9.84 Å². The Morgan fingerprint density at radius 2 is 1.80 bits per heavy atom. The number of benzene rings is 2. The van der Waals surface area contributed by atoms with Gasteiger partial charge in [0, 0.05) is 10.6 Å². The predicted octanol–water partition coefficient (Wildman–Crippen LogP) is 4.52. The van der Waals surface area contributed by atoms with Crippen LogP contribution in [0, 0.1) is 6.92 Å². The zero-order chi connectivity index (χ0) is 14.7. The molecular formula is C17H19ClO2. The summed E-state index contributed by atoms with van der Waals surface area (Å²) in [6.45, 7) is 5.89. The number of aliphatic hydroxyl groups excluding tert-OH is 1. The molecule has 20 heavy (non-hydrogen) atoms. The zero-order valence-corrected chi connectivity index (χ0v) is 12.7. The highest BCUT2D eigenvalue weighted by atomic mass is 35.5. The Balaban J connectivity index is 2.39. The largest absolute Gasteiger partial charge is 0.491 e. The number of aliphatic hydroxyl groups is 1. The monoisotopic (exact) mass is 290 g/mol. The average Bonchev–Trinajstić information content (AvgIpc) is 2.36. The minimum atomic E-state index is -0.748.